The Balaban J connectivity index is 2.34. The fourth-order valence-electron chi connectivity index (χ4n) is 3.35. The number of rotatable bonds is 0. The Bertz CT molecular complexity index is 1470. The Kier molecular flexibility index (Phi) is 4.75. The summed E-state index contributed by atoms with van der Waals surface area (Å²) >= 11 is 2.94. The average Bonchev–Trinajstić information content (AvgIpc) is 2.75. The summed E-state index contributed by atoms with van der Waals surface area (Å²) < 4.78 is 0. The number of hydrogen-bond donors (Lipinski definition) is 0. The fraction of sp³-hybridized carbons (Fsp3) is 0.0435. The lowest BCUT2D eigenvalue weighted by atomic mass is 10.0. The number of nitrogens with zero attached hydrogens (tertiary/aromatic N) is 4. The second-order valence-corrected chi connectivity index (χ2v) is 8.41. The maximum atomic E-state index is 9.62. The van der Waals surface area contributed by atoms with Crippen molar-refractivity contribution in [1.29, 1.82) is 21.0 Å². The van der Waals surface area contributed by atoms with E-state index in [4.69, 9.17) is 0 Å². The summed E-state index contributed by atoms with van der Waals surface area (Å²) in [6.45, 7) is 2.01. The van der Waals surface area contributed by atoms with Crippen molar-refractivity contribution in [2.45, 2.75) is 26.5 Å². The van der Waals surface area contributed by atoms with Crippen molar-refractivity contribution < 1.29 is 0 Å². The predicted molar refractivity (Wildman–Crippen MR) is 112 cm³/mol. The molecule has 0 radical (unpaired) electrons. The average molecular weight is 406 g/mol. The van der Waals surface area contributed by atoms with E-state index in [0.717, 1.165) is 25.1 Å². The van der Waals surface area contributed by atoms with Gasteiger partial charge >= 0.3 is 0 Å². The SMILES string of the molecule is Cc1ccc2c(c1)Sc1c(c(=C(C#N)C#N)c3ccccc3c1=C(C#N)C#N)S2. The Labute approximate surface area is 175 Å². The molecule has 0 N–H and O–H groups in total. The van der Waals surface area contributed by atoms with E-state index in [-0.39, 0.29) is 11.1 Å². The van der Waals surface area contributed by atoms with E-state index in [0.29, 0.717) is 21.2 Å². The van der Waals surface area contributed by atoms with Crippen molar-refractivity contribution >= 4 is 45.4 Å². The second kappa shape index (κ2) is 7.38. The molecule has 3 aromatic carbocycles. The molecule has 3 aromatic rings. The maximum absolute atomic E-state index is 9.62. The van der Waals surface area contributed by atoms with Crippen molar-refractivity contribution in [2.24, 2.45) is 0 Å². The molecule has 0 saturated heterocycles. The molecule has 1 aliphatic heterocycles. The molecule has 4 nitrogen and oxygen atoms in total. The third-order valence-corrected chi connectivity index (χ3v) is 7.21. The molecule has 0 atom stereocenters. The lowest BCUT2D eigenvalue weighted by molar-refractivity contribution is 1.12. The number of hydrogen-bond acceptors (Lipinski definition) is 6. The van der Waals surface area contributed by atoms with Crippen LogP contribution in [0, 0.1) is 52.2 Å². The quantitative estimate of drug-likeness (QED) is 0.435. The Morgan fingerprint density at radius 3 is 1.66 bits per heavy atom. The summed E-state index contributed by atoms with van der Waals surface area (Å²) in [5.41, 5.74) is 1.14. The molecule has 0 amide bonds. The van der Waals surface area contributed by atoms with Gasteiger partial charge in [-0.2, -0.15) is 21.0 Å². The van der Waals surface area contributed by atoms with Gasteiger partial charge in [0.25, 0.3) is 0 Å². The van der Waals surface area contributed by atoms with E-state index in [1.165, 1.54) is 23.5 Å². The summed E-state index contributed by atoms with van der Waals surface area (Å²) in [4.78, 5) is 3.51. The zero-order chi connectivity index (χ0) is 20.5. The first-order chi connectivity index (χ1) is 14.1. The molecule has 0 bridgehead atoms. The van der Waals surface area contributed by atoms with Gasteiger partial charge in [-0.15, -0.1) is 0 Å². The zero-order valence-electron chi connectivity index (χ0n) is 15.1. The Hall–Kier alpha value is -3.68. The highest BCUT2D eigenvalue weighted by Crippen LogP contribution is 2.46. The van der Waals surface area contributed by atoms with Gasteiger partial charge in [-0.1, -0.05) is 53.9 Å². The van der Waals surface area contributed by atoms with Crippen LogP contribution < -0.4 is 10.4 Å². The monoisotopic (exact) mass is 406 g/mol. The lowest BCUT2D eigenvalue weighted by Gasteiger charge is -2.21. The summed E-state index contributed by atoms with van der Waals surface area (Å²) in [5, 5.41) is 40.9. The highest BCUT2D eigenvalue weighted by Gasteiger charge is 2.24. The van der Waals surface area contributed by atoms with E-state index in [9.17, 15) is 21.0 Å². The van der Waals surface area contributed by atoms with Gasteiger partial charge < -0.3 is 0 Å². The standard InChI is InChI=1S/C23H10N4S2/c1-13-6-7-18-19(8-13)29-23-21(15(11-26)12-27)17-5-3-2-4-16(17)20(22(23)28-18)14(9-24)10-25/h2-8H,1H3. The summed E-state index contributed by atoms with van der Waals surface area (Å²) in [5.74, 6) is 0. The van der Waals surface area contributed by atoms with Crippen LogP contribution in [0.15, 0.2) is 62.0 Å². The van der Waals surface area contributed by atoms with Gasteiger partial charge in [-0.05, 0) is 35.4 Å². The van der Waals surface area contributed by atoms with Gasteiger partial charge in [0.1, 0.15) is 35.4 Å². The van der Waals surface area contributed by atoms with Crippen molar-refractivity contribution in [3.05, 3.63) is 58.5 Å². The first-order valence-corrected chi connectivity index (χ1v) is 10.2. The summed E-state index contributed by atoms with van der Waals surface area (Å²) in [7, 11) is 0. The number of fused-ring (bicyclic) bond motifs is 3. The van der Waals surface area contributed by atoms with Crippen LogP contribution in [0.25, 0.3) is 21.9 Å². The van der Waals surface area contributed by atoms with Crippen molar-refractivity contribution in [2.75, 3.05) is 0 Å². The van der Waals surface area contributed by atoms with Crippen molar-refractivity contribution in [3.8, 4) is 24.3 Å². The molecule has 0 aromatic heterocycles. The van der Waals surface area contributed by atoms with Crippen LogP contribution in [0.2, 0.25) is 0 Å². The van der Waals surface area contributed by atoms with Gasteiger partial charge in [0.05, 0.1) is 0 Å². The fourth-order valence-corrected chi connectivity index (χ4v) is 6.02. The van der Waals surface area contributed by atoms with Crippen LogP contribution in [0.4, 0.5) is 0 Å². The molecule has 6 heteroatoms. The maximum Gasteiger partial charge on any atom is 0.138 e. The second-order valence-electron chi connectivity index (χ2n) is 6.31. The first-order valence-electron chi connectivity index (χ1n) is 8.53. The van der Waals surface area contributed by atoms with Crippen molar-refractivity contribution in [1.82, 2.24) is 0 Å². The smallest absolute Gasteiger partial charge is 0.138 e. The van der Waals surface area contributed by atoms with Crippen LogP contribution >= 0.6 is 23.5 Å². The van der Waals surface area contributed by atoms with Crippen LogP contribution in [0.5, 0.6) is 0 Å². The highest BCUT2D eigenvalue weighted by molar-refractivity contribution is 8.05. The molecule has 0 fully saturated rings. The first kappa shape index (κ1) is 18.7. The van der Waals surface area contributed by atoms with Crippen LogP contribution in [-0.4, -0.2) is 0 Å². The largest absolute Gasteiger partial charge is 0.192 e. The molecule has 1 heterocycles. The van der Waals surface area contributed by atoms with Crippen molar-refractivity contribution in [3.63, 3.8) is 0 Å². The molecule has 29 heavy (non-hydrogen) atoms. The molecule has 1 aliphatic rings. The number of nitriles is 4. The highest BCUT2D eigenvalue weighted by atomic mass is 32.2. The summed E-state index contributed by atoms with van der Waals surface area (Å²) in [6, 6.07) is 21.5. The molecule has 4 rings (SSSR count). The minimum Gasteiger partial charge on any atom is -0.192 e. The topological polar surface area (TPSA) is 95.2 Å². The summed E-state index contributed by atoms with van der Waals surface area (Å²) in [6.07, 6.45) is 0. The van der Waals surface area contributed by atoms with Gasteiger partial charge in [-0.3, -0.25) is 0 Å². The third kappa shape index (κ3) is 2.93. The molecular weight excluding hydrogens is 396 g/mol. The molecule has 0 saturated carbocycles. The Morgan fingerprint density at radius 1 is 0.690 bits per heavy atom. The molecule has 134 valence electrons. The van der Waals surface area contributed by atoms with E-state index in [1.54, 1.807) is 0 Å². The molecule has 0 unspecified atom stereocenters. The van der Waals surface area contributed by atoms with E-state index < -0.39 is 0 Å². The number of aryl methyl sites for hydroxylation is 1. The number of benzene rings is 3. The normalized spacial score (nSPS) is 11.2. The van der Waals surface area contributed by atoms with E-state index in [2.05, 4.69) is 6.07 Å². The predicted octanol–water partition coefficient (Wildman–Crippen LogP) is 4.16. The third-order valence-electron chi connectivity index (χ3n) is 4.60. The lowest BCUT2D eigenvalue weighted by Crippen LogP contribution is -2.23. The van der Waals surface area contributed by atoms with Crippen LogP contribution in [-0.2, 0) is 0 Å². The molecular formula is C23H10N4S2. The zero-order valence-corrected chi connectivity index (χ0v) is 16.8. The van der Waals surface area contributed by atoms with Gasteiger partial charge in [0.15, 0.2) is 0 Å². The van der Waals surface area contributed by atoms with Gasteiger partial charge in [0.2, 0.25) is 0 Å². The molecule has 0 aliphatic carbocycles. The minimum absolute atomic E-state index is 0.0168. The van der Waals surface area contributed by atoms with Crippen LogP contribution in [0.3, 0.4) is 0 Å². The van der Waals surface area contributed by atoms with Gasteiger partial charge in [-0.25, -0.2) is 0 Å². The minimum atomic E-state index is 0.0168. The Morgan fingerprint density at radius 2 is 1.17 bits per heavy atom. The van der Waals surface area contributed by atoms with E-state index in [1.807, 2.05) is 67.6 Å². The van der Waals surface area contributed by atoms with Crippen LogP contribution in [0.1, 0.15) is 5.56 Å². The van der Waals surface area contributed by atoms with E-state index >= 15 is 0 Å². The van der Waals surface area contributed by atoms with Gasteiger partial charge in [0, 0.05) is 30.0 Å². The molecule has 0 spiro atoms.